The van der Waals surface area contributed by atoms with E-state index in [0.717, 1.165) is 39.8 Å². The zero-order valence-electron chi connectivity index (χ0n) is 12.0. The SMILES string of the molecule is CCc1ccccc1C(=O)Cc1cc(Br)cc2c1OCC2. The lowest BCUT2D eigenvalue weighted by molar-refractivity contribution is 0.0991. The number of halogens is 1. The zero-order valence-corrected chi connectivity index (χ0v) is 13.6. The summed E-state index contributed by atoms with van der Waals surface area (Å²) in [6, 6.07) is 11.9. The van der Waals surface area contributed by atoms with E-state index in [4.69, 9.17) is 4.74 Å². The predicted octanol–water partition coefficient (Wildman–Crippen LogP) is 4.37. The molecule has 108 valence electrons. The number of hydrogen-bond acceptors (Lipinski definition) is 2. The molecular weight excluding hydrogens is 328 g/mol. The molecule has 0 aromatic heterocycles. The summed E-state index contributed by atoms with van der Waals surface area (Å²) in [7, 11) is 0. The van der Waals surface area contributed by atoms with E-state index in [9.17, 15) is 4.79 Å². The minimum atomic E-state index is 0.156. The van der Waals surface area contributed by atoms with Crippen LogP contribution in [-0.2, 0) is 19.3 Å². The monoisotopic (exact) mass is 344 g/mol. The summed E-state index contributed by atoms with van der Waals surface area (Å²) >= 11 is 3.52. The Hall–Kier alpha value is -1.61. The topological polar surface area (TPSA) is 26.3 Å². The van der Waals surface area contributed by atoms with Crippen LogP contribution in [0.1, 0.15) is 34.0 Å². The average molecular weight is 345 g/mol. The van der Waals surface area contributed by atoms with Crippen LogP contribution in [0.2, 0.25) is 0 Å². The first-order chi connectivity index (χ1) is 10.2. The van der Waals surface area contributed by atoms with Crippen LogP contribution in [0.15, 0.2) is 40.9 Å². The second-order valence-corrected chi connectivity index (χ2v) is 6.18. The Labute approximate surface area is 133 Å². The lowest BCUT2D eigenvalue weighted by atomic mass is 9.96. The molecule has 0 spiro atoms. The second kappa shape index (κ2) is 6.02. The summed E-state index contributed by atoms with van der Waals surface area (Å²) in [6.07, 6.45) is 2.18. The molecular formula is C18H17BrO2. The van der Waals surface area contributed by atoms with Gasteiger partial charge in [-0.15, -0.1) is 0 Å². The molecule has 2 aromatic carbocycles. The third-order valence-electron chi connectivity index (χ3n) is 3.88. The van der Waals surface area contributed by atoms with Gasteiger partial charge in [0.25, 0.3) is 0 Å². The van der Waals surface area contributed by atoms with Crippen molar-refractivity contribution in [2.24, 2.45) is 0 Å². The Kier molecular flexibility index (Phi) is 4.11. The molecule has 3 heteroatoms. The minimum absolute atomic E-state index is 0.156. The molecule has 0 saturated heterocycles. The van der Waals surface area contributed by atoms with Crippen LogP contribution in [-0.4, -0.2) is 12.4 Å². The fourth-order valence-corrected chi connectivity index (χ4v) is 3.40. The molecule has 3 rings (SSSR count). The van der Waals surface area contributed by atoms with E-state index in [0.29, 0.717) is 13.0 Å². The number of rotatable bonds is 4. The summed E-state index contributed by atoms with van der Waals surface area (Å²) in [5, 5.41) is 0. The average Bonchev–Trinajstić information content (AvgIpc) is 2.95. The molecule has 2 nitrogen and oxygen atoms in total. The van der Waals surface area contributed by atoms with E-state index in [-0.39, 0.29) is 5.78 Å². The van der Waals surface area contributed by atoms with Gasteiger partial charge in [-0.2, -0.15) is 0 Å². The first-order valence-corrected chi connectivity index (χ1v) is 8.03. The van der Waals surface area contributed by atoms with Crippen LogP contribution >= 0.6 is 15.9 Å². The van der Waals surface area contributed by atoms with Gasteiger partial charge in [0.05, 0.1) is 6.61 Å². The van der Waals surface area contributed by atoms with Crippen molar-refractivity contribution >= 4 is 21.7 Å². The molecule has 0 N–H and O–H groups in total. The summed E-state index contributed by atoms with van der Waals surface area (Å²) in [6.45, 7) is 2.78. The van der Waals surface area contributed by atoms with Crippen molar-refractivity contribution in [3.05, 3.63) is 63.1 Å². The highest BCUT2D eigenvalue weighted by atomic mass is 79.9. The highest BCUT2D eigenvalue weighted by Gasteiger charge is 2.20. The maximum Gasteiger partial charge on any atom is 0.167 e. The van der Waals surface area contributed by atoms with Crippen LogP contribution in [0, 0.1) is 0 Å². The number of ether oxygens (including phenoxy) is 1. The number of ketones is 1. The molecule has 0 radical (unpaired) electrons. The van der Waals surface area contributed by atoms with Crippen LogP contribution in [0.4, 0.5) is 0 Å². The highest BCUT2D eigenvalue weighted by Crippen LogP contribution is 2.33. The predicted molar refractivity (Wildman–Crippen MR) is 87.2 cm³/mol. The third-order valence-corrected chi connectivity index (χ3v) is 4.33. The third kappa shape index (κ3) is 2.88. The number of benzene rings is 2. The van der Waals surface area contributed by atoms with E-state index in [1.807, 2.05) is 30.3 Å². The van der Waals surface area contributed by atoms with E-state index >= 15 is 0 Å². The lowest BCUT2D eigenvalue weighted by Crippen LogP contribution is -2.07. The molecule has 0 aliphatic carbocycles. The van der Waals surface area contributed by atoms with E-state index < -0.39 is 0 Å². The molecule has 0 amide bonds. The van der Waals surface area contributed by atoms with Crippen LogP contribution in [0.3, 0.4) is 0 Å². The van der Waals surface area contributed by atoms with Crippen molar-refractivity contribution in [1.82, 2.24) is 0 Å². The van der Waals surface area contributed by atoms with Crippen molar-refractivity contribution in [2.45, 2.75) is 26.2 Å². The fourth-order valence-electron chi connectivity index (χ4n) is 2.85. The van der Waals surface area contributed by atoms with Gasteiger partial charge in [-0.25, -0.2) is 0 Å². The van der Waals surface area contributed by atoms with Gasteiger partial charge in [-0.05, 0) is 29.7 Å². The first kappa shape index (κ1) is 14.3. The molecule has 0 fully saturated rings. The molecule has 1 aliphatic heterocycles. The van der Waals surface area contributed by atoms with Gasteiger partial charge < -0.3 is 4.74 Å². The summed E-state index contributed by atoms with van der Waals surface area (Å²) in [5.74, 6) is 1.06. The Balaban J connectivity index is 1.92. The number of carbonyl (C=O) groups is 1. The Bertz CT molecular complexity index is 692. The molecule has 0 bridgehead atoms. The van der Waals surface area contributed by atoms with Crippen molar-refractivity contribution in [1.29, 1.82) is 0 Å². The van der Waals surface area contributed by atoms with Crippen molar-refractivity contribution in [3.63, 3.8) is 0 Å². The van der Waals surface area contributed by atoms with Gasteiger partial charge >= 0.3 is 0 Å². The first-order valence-electron chi connectivity index (χ1n) is 7.24. The largest absolute Gasteiger partial charge is 0.493 e. The number of carbonyl (C=O) groups excluding carboxylic acids is 1. The fraction of sp³-hybridized carbons (Fsp3) is 0.278. The van der Waals surface area contributed by atoms with E-state index in [1.54, 1.807) is 0 Å². The summed E-state index contributed by atoms with van der Waals surface area (Å²) < 4.78 is 6.72. The van der Waals surface area contributed by atoms with Crippen molar-refractivity contribution < 1.29 is 9.53 Å². The lowest BCUT2D eigenvalue weighted by Gasteiger charge is -2.10. The van der Waals surface area contributed by atoms with Crippen LogP contribution in [0.25, 0.3) is 0 Å². The minimum Gasteiger partial charge on any atom is -0.493 e. The molecule has 1 aliphatic rings. The molecule has 0 saturated carbocycles. The van der Waals surface area contributed by atoms with E-state index in [2.05, 4.69) is 28.9 Å². The van der Waals surface area contributed by atoms with Crippen LogP contribution < -0.4 is 4.74 Å². The Morgan fingerprint density at radius 3 is 2.86 bits per heavy atom. The Morgan fingerprint density at radius 1 is 1.24 bits per heavy atom. The summed E-state index contributed by atoms with van der Waals surface area (Å²) in [4.78, 5) is 12.6. The number of Topliss-reactive ketones (excluding diaryl/α,β-unsaturated/α-hetero) is 1. The molecule has 1 heterocycles. The molecule has 2 aromatic rings. The van der Waals surface area contributed by atoms with Gasteiger partial charge in [-0.3, -0.25) is 4.79 Å². The van der Waals surface area contributed by atoms with Gasteiger partial charge in [0, 0.05) is 28.4 Å². The normalized spacial score (nSPS) is 12.9. The number of aryl methyl sites for hydroxylation is 1. The second-order valence-electron chi connectivity index (χ2n) is 5.26. The molecule has 21 heavy (non-hydrogen) atoms. The smallest absolute Gasteiger partial charge is 0.167 e. The standard InChI is InChI=1S/C18H17BrO2/c1-2-12-5-3-4-6-16(12)17(20)11-14-10-15(19)9-13-7-8-21-18(13)14/h3-6,9-10H,2,7-8,11H2,1H3. The van der Waals surface area contributed by atoms with Crippen molar-refractivity contribution in [3.8, 4) is 5.75 Å². The van der Waals surface area contributed by atoms with E-state index in [1.165, 1.54) is 5.56 Å². The quantitative estimate of drug-likeness (QED) is 0.769. The highest BCUT2D eigenvalue weighted by molar-refractivity contribution is 9.10. The van der Waals surface area contributed by atoms with Gasteiger partial charge in [-0.1, -0.05) is 47.1 Å². The maximum atomic E-state index is 12.6. The summed E-state index contributed by atoms with van der Waals surface area (Å²) in [5.41, 5.74) is 4.10. The van der Waals surface area contributed by atoms with Gasteiger partial charge in [0.15, 0.2) is 5.78 Å². The Morgan fingerprint density at radius 2 is 2.05 bits per heavy atom. The molecule has 0 unspecified atom stereocenters. The van der Waals surface area contributed by atoms with Gasteiger partial charge in [0.1, 0.15) is 5.75 Å². The number of fused-ring (bicyclic) bond motifs is 1. The van der Waals surface area contributed by atoms with Crippen LogP contribution in [0.5, 0.6) is 5.75 Å². The van der Waals surface area contributed by atoms with Crippen molar-refractivity contribution in [2.75, 3.05) is 6.61 Å². The number of hydrogen-bond donors (Lipinski definition) is 0. The zero-order chi connectivity index (χ0) is 14.8. The van der Waals surface area contributed by atoms with Gasteiger partial charge in [0.2, 0.25) is 0 Å². The maximum absolute atomic E-state index is 12.6. The molecule has 0 atom stereocenters.